The van der Waals surface area contributed by atoms with Crippen LogP contribution >= 0.6 is 0 Å². The van der Waals surface area contributed by atoms with Crippen LogP contribution in [0.2, 0.25) is 0 Å². The van der Waals surface area contributed by atoms with Crippen LogP contribution in [0.4, 0.5) is 0 Å². The fourth-order valence-electron chi connectivity index (χ4n) is 1.92. The minimum absolute atomic E-state index is 0.0504. The van der Waals surface area contributed by atoms with Crippen LogP contribution in [0.25, 0.3) is 0 Å². The monoisotopic (exact) mass is 255 g/mol. The fourth-order valence-corrected chi connectivity index (χ4v) is 1.92. The lowest BCUT2D eigenvalue weighted by molar-refractivity contribution is -0.123. The zero-order chi connectivity index (χ0) is 13.4. The highest BCUT2D eigenvalue weighted by Crippen LogP contribution is 2.29. The van der Waals surface area contributed by atoms with Crippen molar-refractivity contribution in [3.8, 4) is 0 Å². The largest absolute Gasteiger partial charge is 0.355 e. The maximum absolute atomic E-state index is 11.7. The summed E-state index contributed by atoms with van der Waals surface area (Å²) >= 11 is 0. The lowest BCUT2D eigenvalue weighted by Gasteiger charge is -2.20. The molecule has 0 heterocycles. The Hall–Kier alpha value is -1.10. The first kappa shape index (κ1) is 15.0. The standard InChI is InChI=1S/C13H25N3O2/c1-3-8-16(9-12-4-5-12)10-13(18)15-7-6-14-11(2)17/h12H,3-10H2,1-2H3,(H,14,17)(H,15,18). The van der Waals surface area contributed by atoms with Crippen molar-refractivity contribution in [2.45, 2.75) is 33.1 Å². The summed E-state index contributed by atoms with van der Waals surface area (Å²) in [6.45, 7) is 7.11. The molecule has 1 saturated carbocycles. The average Bonchev–Trinajstić information content (AvgIpc) is 3.08. The van der Waals surface area contributed by atoms with E-state index < -0.39 is 0 Å². The maximum Gasteiger partial charge on any atom is 0.234 e. The Kier molecular flexibility index (Phi) is 6.72. The highest BCUT2D eigenvalue weighted by atomic mass is 16.2. The number of hydrogen-bond acceptors (Lipinski definition) is 3. The van der Waals surface area contributed by atoms with Crippen LogP contribution in [-0.4, -0.2) is 49.4 Å². The van der Waals surface area contributed by atoms with Gasteiger partial charge in [0.15, 0.2) is 0 Å². The first-order valence-electron chi connectivity index (χ1n) is 6.85. The van der Waals surface area contributed by atoms with Gasteiger partial charge in [-0.15, -0.1) is 0 Å². The number of carbonyl (C=O) groups is 2. The van der Waals surface area contributed by atoms with Gasteiger partial charge in [-0.2, -0.15) is 0 Å². The van der Waals surface area contributed by atoms with E-state index in [-0.39, 0.29) is 11.8 Å². The molecular formula is C13H25N3O2. The topological polar surface area (TPSA) is 61.4 Å². The summed E-state index contributed by atoms with van der Waals surface area (Å²) < 4.78 is 0. The molecule has 0 saturated heterocycles. The third-order valence-corrected chi connectivity index (χ3v) is 2.94. The van der Waals surface area contributed by atoms with Gasteiger partial charge in [-0.1, -0.05) is 6.92 Å². The lowest BCUT2D eigenvalue weighted by Crippen LogP contribution is -2.41. The number of carbonyl (C=O) groups excluding carboxylic acids is 2. The highest BCUT2D eigenvalue weighted by Gasteiger charge is 2.24. The first-order valence-corrected chi connectivity index (χ1v) is 6.85. The van der Waals surface area contributed by atoms with Gasteiger partial charge in [-0.25, -0.2) is 0 Å². The third-order valence-electron chi connectivity index (χ3n) is 2.94. The van der Waals surface area contributed by atoms with E-state index >= 15 is 0 Å². The van der Waals surface area contributed by atoms with Crippen molar-refractivity contribution in [1.82, 2.24) is 15.5 Å². The molecule has 0 atom stereocenters. The van der Waals surface area contributed by atoms with Gasteiger partial charge in [0, 0.05) is 26.6 Å². The zero-order valence-electron chi connectivity index (χ0n) is 11.5. The molecule has 0 bridgehead atoms. The quantitative estimate of drug-likeness (QED) is 0.585. The van der Waals surface area contributed by atoms with E-state index in [1.54, 1.807) is 0 Å². The van der Waals surface area contributed by atoms with Crippen LogP contribution in [-0.2, 0) is 9.59 Å². The number of amides is 2. The highest BCUT2D eigenvalue weighted by molar-refractivity contribution is 5.78. The number of nitrogens with zero attached hydrogens (tertiary/aromatic N) is 1. The normalized spacial score (nSPS) is 14.6. The molecule has 0 aromatic carbocycles. The predicted molar refractivity (Wildman–Crippen MR) is 71.1 cm³/mol. The minimum Gasteiger partial charge on any atom is -0.355 e. The summed E-state index contributed by atoms with van der Waals surface area (Å²) in [5.41, 5.74) is 0. The molecule has 1 rings (SSSR count). The number of hydrogen-bond donors (Lipinski definition) is 2. The van der Waals surface area contributed by atoms with Crippen molar-refractivity contribution in [2.75, 3.05) is 32.7 Å². The Morgan fingerprint density at radius 2 is 1.89 bits per heavy atom. The average molecular weight is 255 g/mol. The SMILES string of the molecule is CCCN(CC(=O)NCCNC(C)=O)CC1CC1. The van der Waals surface area contributed by atoms with E-state index in [2.05, 4.69) is 22.5 Å². The molecule has 2 amide bonds. The van der Waals surface area contributed by atoms with E-state index in [9.17, 15) is 9.59 Å². The van der Waals surface area contributed by atoms with E-state index in [1.165, 1.54) is 19.8 Å². The van der Waals surface area contributed by atoms with E-state index in [1.807, 2.05) is 0 Å². The van der Waals surface area contributed by atoms with Crippen LogP contribution < -0.4 is 10.6 Å². The van der Waals surface area contributed by atoms with Gasteiger partial charge < -0.3 is 10.6 Å². The van der Waals surface area contributed by atoms with Crippen molar-refractivity contribution in [3.05, 3.63) is 0 Å². The van der Waals surface area contributed by atoms with Crippen molar-refractivity contribution in [1.29, 1.82) is 0 Å². The van der Waals surface area contributed by atoms with Gasteiger partial charge in [-0.05, 0) is 31.7 Å². The molecule has 1 fully saturated rings. The van der Waals surface area contributed by atoms with Gasteiger partial charge in [-0.3, -0.25) is 14.5 Å². The summed E-state index contributed by atoms with van der Waals surface area (Å²) in [6.07, 6.45) is 3.70. The van der Waals surface area contributed by atoms with Crippen LogP contribution in [0.3, 0.4) is 0 Å². The van der Waals surface area contributed by atoms with Gasteiger partial charge in [0.25, 0.3) is 0 Å². The van der Waals surface area contributed by atoms with Crippen LogP contribution in [0.1, 0.15) is 33.1 Å². The van der Waals surface area contributed by atoms with Gasteiger partial charge >= 0.3 is 0 Å². The van der Waals surface area contributed by atoms with Crippen LogP contribution in [0, 0.1) is 5.92 Å². The Bertz CT molecular complexity index is 277. The Balaban J connectivity index is 2.12. The molecule has 2 N–H and O–H groups in total. The molecule has 18 heavy (non-hydrogen) atoms. The molecule has 0 aliphatic heterocycles. The second kappa shape index (κ2) is 8.08. The smallest absolute Gasteiger partial charge is 0.234 e. The molecule has 0 unspecified atom stereocenters. The second-order valence-corrected chi connectivity index (χ2v) is 5.01. The Morgan fingerprint density at radius 3 is 2.44 bits per heavy atom. The van der Waals surface area contributed by atoms with E-state index in [0.717, 1.165) is 25.4 Å². The predicted octanol–water partition coefficient (Wildman–Crippen LogP) is 0.361. The molecule has 0 aromatic rings. The first-order chi connectivity index (χ1) is 8.61. The Labute approximate surface area is 109 Å². The summed E-state index contributed by atoms with van der Waals surface area (Å²) in [5, 5.41) is 5.48. The van der Waals surface area contributed by atoms with E-state index in [0.29, 0.717) is 19.6 Å². The molecule has 5 heteroatoms. The molecule has 5 nitrogen and oxygen atoms in total. The molecule has 104 valence electrons. The van der Waals surface area contributed by atoms with Crippen LogP contribution in [0.15, 0.2) is 0 Å². The Morgan fingerprint density at radius 1 is 1.22 bits per heavy atom. The third kappa shape index (κ3) is 7.27. The van der Waals surface area contributed by atoms with Crippen molar-refractivity contribution >= 4 is 11.8 Å². The van der Waals surface area contributed by atoms with Crippen molar-refractivity contribution in [3.63, 3.8) is 0 Å². The molecule has 0 aromatic heterocycles. The summed E-state index contributed by atoms with van der Waals surface area (Å²) in [7, 11) is 0. The maximum atomic E-state index is 11.7. The van der Waals surface area contributed by atoms with Crippen molar-refractivity contribution in [2.24, 2.45) is 5.92 Å². The molecule has 0 radical (unpaired) electrons. The van der Waals surface area contributed by atoms with E-state index in [4.69, 9.17) is 0 Å². The molecule has 1 aliphatic carbocycles. The lowest BCUT2D eigenvalue weighted by atomic mass is 10.3. The molecule has 0 spiro atoms. The second-order valence-electron chi connectivity index (χ2n) is 5.01. The van der Waals surface area contributed by atoms with Gasteiger partial charge in [0.1, 0.15) is 0 Å². The zero-order valence-corrected chi connectivity index (χ0v) is 11.5. The minimum atomic E-state index is -0.0643. The van der Waals surface area contributed by atoms with Crippen molar-refractivity contribution < 1.29 is 9.59 Å². The molecule has 1 aliphatic rings. The fraction of sp³-hybridized carbons (Fsp3) is 0.846. The summed E-state index contributed by atoms with van der Waals surface area (Å²) in [5.74, 6) is 0.795. The number of rotatable bonds is 9. The van der Waals surface area contributed by atoms with Crippen LogP contribution in [0.5, 0.6) is 0 Å². The molecular weight excluding hydrogens is 230 g/mol. The summed E-state index contributed by atoms with van der Waals surface area (Å²) in [6, 6.07) is 0. The summed E-state index contributed by atoms with van der Waals surface area (Å²) in [4.78, 5) is 24.6. The number of nitrogens with one attached hydrogen (secondary N) is 2. The van der Waals surface area contributed by atoms with Gasteiger partial charge in [0.05, 0.1) is 6.54 Å². The van der Waals surface area contributed by atoms with Gasteiger partial charge in [0.2, 0.25) is 11.8 Å².